The summed E-state index contributed by atoms with van der Waals surface area (Å²) in [5.74, 6) is 0.329. The van der Waals surface area contributed by atoms with E-state index in [4.69, 9.17) is 4.74 Å². The highest BCUT2D eigenvalue weighted by atomic mass is 16.5. The van der Waals surface area contributed by atoms with Crippen molar-refractivity contribution in [1.29, 1.82) is 0 Å². The lowest BCUT2D eigenvalue weighted by molar-refractivity contribution is -0.139. The second-order valence-electron chi connectivity index (χ2n) is 6.45. The van der Waals surface area contributed by atoms with E-state index in [0.717, 1.165) is 57.7 Å². The average molecular weight is 303 g/mol. The van der Waals surface area contributed by atoms with E-state index in [1.54, 1.807) is 7.11 Å². The number of likely N-dealkylation sites (tertiary alicyclic amines) is 2. The molecule has 1 atom stereocenters. The van der Waals surface area contributed by atoms with Crippen LogP contribution in [0.2, 0.25) is 0 Å². The minimum Gasteiger partial charge on any atom is -0.383 e. The third kappa shape index (κ3) is 3.15. The molecule has 0 aromatic carbocycles. The summed E-state index contributed by atoms with van der Waals surface area (Å²) >= 11 is 0. The maximum absolute atomic E-state index is 12.8. The molecule has 0 unspecified atom stereocenters. The van der Waals surface area contributed by atoms with E-state index in [1.165, 1.54) is 0 Å². The molecule has 3 heterocycles. The van der Waals surface area contributed by atoms with Gasteiger partial charge in [-0.25, -0.2) is 0 Å². The van der Waals surface area contributed by atoms with Crippen molar-refractivity contribution in [2.45, 2.75) is 25.8 Å². The first-order chi connectivity index (χ1) is 10.7. The van der Waals surface area contributed by atoms with Gasteiger partial charge in [0, 0.05) is 39.5 Å². The van der Waals surface area contributed by atoms with Gasteiger partial charge in [-0.3, -0.25) is 14.7 Å². The van der Waals surface area contributed by atoms with Crippen molar-refractivity contribution in [3.05, 3.63) is 30.1 Å². The molecule has 0 bridgehead atoms. The zero-order chi connectivity index (χ0) is 15.4. The zero-order valence-electron chi connectivity index (χ0n) is 13.3. The van der Waals surface area contributed by atoms with E-state index < -0.39 is 0 Å². The van der Waals surface area contributed by atoms with Crippen molar-refractivity contribution in [3.8, 4) is 0 Å². The molecule has 2 saturated heterocycles. The number of carbonyl (C=O) groups excluding carboxylic acids is 1. The lowest BCUT2D eigenvalue weighted by Gasteiger charge is -2.38. The standard InChI is InChI=1S/C17H25N3O2/c1-22-12-11-20-10-7-17(16(20)21)6-4-9-19(14-17)13-15-5-2-3-8-18-15/h2-3,5,8H,4,6-7,9-14H2,1H3/t17-/m1/s1. The summed E-state index contributed by atoms with van der Waals surface area (Å²) in [7, 11) is 1.69. The summed E-state index contributed by atoms with van der Waals surface area (Å²) in [6.45, 7) is 4.99. The molecule has 5 heteroatoms. The van der Waals surface area contributed by atoms with Gasteiger partial charge in [-0.15, -0.1) is 0 Å². The van der Waals surface area contributed by atoms with Gasteiger partial charge in [0.15, 0.2) is 0 Å². The number of piperidine rings is 1. The third-order valence-electron chi connectivity index (χ3n) is 4.93. The fourth-order valence-corrected chi connectivity index (χ4v) is 3.77. The number of amides is 1. The van der Waals surface area contributed by atoms with Gasteiger partial charge < -0.3 is 9.64 Å². The Kier molecular flexibility index (Phi) is 4.74. The van der Waals surface area contributed by atoms with Gasteiger partial charge in [-0.1, -0.05) is 6.07 Å². The lowest BCUT2D eigenvalue weighted by atomic mass is 9.78. The van der Waals surface area contributed by atoms with Gasteiger partial charge in [-0.2, -0.15) is 0 Å². The van der Waals surface area contributed by atoms with Crippen LogP contribution in [0, 0.1) is 5.41 Å². The van der Waals surface area contributed by atoms with Gasteiger partial charge in [-0.05, 0) is 37.9 Å². The van der Waals surface area contributed by atoms with Crippen LogP contribution in [-0.2, 0) is 16.1 Å². The van der Waals surface area contributed by atoms with E-state index in [0.29, 0.717) is 12.5 Å². The monoisotopic (exact) mass is 303 g/mol. The number of ether oxygens (including phenoxy) is 1. The number of hydrogen-bond donors (Lipinski definition) is 0. The quantitative estimate of drug-likeness (QED) is 0.828. The first kappa shape index (κ1) is 15.4. The van der Waals surface area contributed by atoms with Gasteiger partial charge in [0.05, 0.1) is 17.7 Å². The lowest BCUT2D eigenvalue weighted by Crippen LogP contribution is -2.47. The van der Waals surface area contributed by atoms with Crippen molar-refractivity contribution in [2.24, 2.45) is 5.41 Å². The minimum atomic E-state index is -0.166. The predicted molar refractivity (Wildman–Crippen MR) is 84.3 cm³/mol. The zero-order valence-corrected chi connectivity index (χ0v) is 13.3. The van der Waals surface area contributed by atoms with Crippen molar-refractivity contribution in [2.75, 3.05) is 39.9 Å². The van der Waals surface area contributed by atoms with Crippen LogP contribution in [0.5, 0.6) is 0 Å². The fraction of sp³-hybridized carbons (Fsp3) is 0.647. The van der Waals surface area contributed by atoms with Crippen molar-refractivity contribution in [1.82, 2.24) is 14.8 Å². The summed E-state index contributed by atoms with van der Waals surface area (Å²) in [6, 6.07) is 6.02. The van der Waals surface area contributed by atoms with E-state index in [9.17, 15) is 4.79 Å². The topological polar surface area (TPSA) is 45.7 Å². The Morgan fingerprint density at radius 3 is 3.00 bits per heavy atom. The summed E-state index contributed by atoms with van der Waals surface area (Å²) in [6.07, 6.45) is 4.93. The number of carbonyl (C=O) groups is 1. The van der Waals surface area contributed by atoms with Crippen LogP contribution >= 0.6 is 0 Å². The maximum Gasteiger partial charge on any atom is 0.230 e. The third-order valence-corrected chi connectivity index (χ3v) is 4.93. The highest BCUT2D eigenvalue weighted by molar-refractivity contribution is 5.85. The Labute approximate surface area is 132 Å². The van der Waals surface area contributed by atoms with Gasteiger partial charge in [0.2, 0.25) is 5.91 Å². The van der Waals surface area contributed by atoms with Crippen molar-refractivity contribution < 1.29 is 9.53 Å². The summed E-state index contributed by atoms with van der Waals surface area (Å²) in [4.78, 5) is 21.6. The molecule has 2 aliphatic heterocycles. The highest BCUT2D eigenvalue weighted by Crippen LogP contribution is 2.40. The summed E-state index contributed by atoms with van der Waals surface area (Å²) in [5, 5.41) is 0. The molecule has 1 spiro atoms. The van der Waals surface area contributed by atoms with Gasteiger partial charge >= 0.3 is 0 Å². The predicted octanol–water partition coefficient (Wildman–Crippen LogP) is 1.54. The molecule has 2 aliphatic rings. The van der Waals surface area contributed by atoms with E-state index >= 15 is 0 Å². The van der Waals surface area contributed by atoms with Crippen LogP contribution in [0.25, 0.3) is 0 Å². The summed E-state index contributed by atoms with van der Waals surface area (Å²) in [5.41, 5.74) is 0.919. The number of nitrogens with zero attached hydrogens (tertiary/aromatic N) is 3. The van der Waals surface area contributed by atoms with E-state index in [-0.39, 0.29) is 5.41 Å². The Balaban J connectivity index is 1.64. The van der Waals surface area contributed by atoms with Crippen molar-refractivity contribution >= 4 is 5.91 Å². The summed E-state index contributed by atoms with van der Waals surface area (Å²) < 4.78 is 5.12. The van der Waals surface area contributed by atoms with Crippen LogP contribution in [-0.4, -0.2) is 60.6 Å². The van der Waals surface area contributed by atoms with Crippen molar-refractivity contribution in [3.63, 3.8) is 0 Å². The molecule has 1 aromatic rings. The molecule has 1 amide bonds. The Morgan fingerprint density at radius 1 is 1.32 bits per heavy atom. The molecule has 0 N–H and O–H groups in total. The van der Waals surface area contributed by atoms with E-state index in [1.807, 2.05) is 23.2 Å². The van der Waals surface area contributed by atoms with Crippen LogP contribution in [0.1, 0.15) is 25.0 Å². The molecule has 0 aliphatic carbocycles. The molecule has 2 fully saturated rings. The van der Waals surface area contributed by atoms with Gasteiger partial charge in [0.1, 0.15) is 0 Å². The number of methoxy groups -OCH3 is 1. The first-order valence-corrected chi connectivity index (χ1v) is 8.14. The van der Waals surface area contributed by atoms with Crippen LogP contribution in [0.4, 0.5) is 0 Å². The minimum absolute atomic E-state index is 0.166. The molecule has 0 saturated carbocycles. The Bertz CT molecular complexity index is 508. The number of pyridine rings is 1. The first-order valence-electron chi connectivity index (χ1n) is 8.14. The molecular weight excluding hydrogens is 278 g/mol. The number of rotatable bonds is 5. The molecule has 3 rings (SSSR count). The molecular formula is C17H25N3O2. The molecule has 120 valence electrons. The maximum atomic E-state index is 12.8. The van der Waals surface area contributed by atoms with Crippen LogP contribution in [0.3, 0.4) is 0 Å². The van der Waals surface area contributed by atoms with Gasteiger partial charge in [0.25, 0.3) is 0 Å². The second-order valence-corrected chi connectivity index (χ2v) is 6.45. The van der Waals surface area contributed by atoms with Crippen LogP contribution in [0.15, 0.2) is 24.4 Å². The molecule has 0 radical (unpaired) electrons. The fourth-order valence-electron chi connectivity index (χ4n) is 3.77. The number of aromatic nitrogens is 1. The molecule has 22 heavy (non-hydrogen) atoms. The molecule has 1 aromatic heterocycles. The van der Waals surface area contributed by atoms with Crippen LogP contribution < -0.4 is 0 Å². The average Bonchev–Trinajstić information content (AvgIpc) is 2.83. The SMILES string of the molecule is COCCN1CC[C@@]2(CCCN(Cc3ccccn3)C2)C1=O. The van der Waals surface area contributed by atoms with E-state index in [2.05, 4.69) is 16.0 Å². The largest absolute Gasteiger partial charge is 0.383 e. The number of hydrogen-bond acceptors (Lipinski definition) is 4. The highest BCUT2D eigenvalue weighted by Gasteiger charge is 2.48. The Hall–Kier alpha value is -1.46. The Morgan fingerprint density at radius 2 is 2.23 bits per heavy atom. The second kappa shape index (κ2) is 6.75. The molecule has 5 nitrogen and oxygen atoms in total. The normalized spacial score (nSPS) is 26.0. The smallest absolute Gasteiger partial charge is 0.230 e.